The number of piperidine rings is 1. The van der Waals surface area contributed by atoms with Gasteiger partial charge in [-0.25, -0.2) is 14.0 Å². The molecule has 1 saturated heterocycles. The lowest BCUT2D eigenvalue weighted by Crippen LogP contribution is -2.51. The lowest BCUT2D eigenvalue weighted by molar-refractivity contribution is 0.0674. The van der Waals surface area contributed by atoms with Crippen molar-refractivity contribution >= 4 is 12.1 Å². The second kappa shape index (κ2) is 11.6. The van der Waals surface area contributed by atoms with Gasteiger partial charge in [-0.15, -0.1) is 0 Å². The van der Waals surface area contributed by atoms with Gasteiger partial charge in [-0.2, -0.15) is 0 Å². The molecule has 8 heteroatoms. The Hall–Kier alpha value is -4.07. The van der Waals surface area contributed by atoms with Gasteiger partial charge in [0.1, 0.15) is 18.2 Å². The van der Waals surface area contributed by atoms with Crippen LogP contribution in [-0.2, 0) is 31.0 Å². The number of urea groups is 1. The van der Waals surface area contributed by atoms with Gasteiger partial charge in [0.2, 0.25) is 0 Å². The number of carbonyl (C=O) groups excluding carboxylic acids is 2. The first-order valence-corrected chi connectivity index (χ1v) is 14.1. The topological polar surface area (TPSA) is 62.3 Å². The number of fused-ring (bicyclic) bond motifs is 1. The van der Waals surface area contributed by atoms with Crippen molar-refractivity contribution in [3.05, 3.63) is 101 Å². The highest BCUT2D eigenvalue weighted by atomic mass is 19.1. The summed E-state index contributed by atoms with van der Waals surface area (Å²) in [7, 11) is 0. The molecule has 0 bridgehead atoms. The number of benzene rings is 3. The van der Waals surface area contributed by atoms with Crippen molar-refractivity contribution in [1.29, 1.82) is 0 Å². The largest absolute Gasteiger partial charge is 0.490 e. The number of ether oxygens (including phenoxy) is 2. The molecule has 208 valence electrons. The Balaban J connectivity index is 1.13. The second-order valence-corrected chi connectivity index (χ2v) is 10.9. The van der Waals surface area contributed by atoms with Crippen LogP contribution >= 0.6 is 0 Å². The summed E-state index contributed by atoms with van der Waals surface area (Å²) in [5.74, 6) is 0.548. The molecule has 3 aliphatic rings. The number of likely N-dealkylation sites (tertiary alicyclic amines) is 1. The maximum absolute atomic E-state index is 14.2. The van der Waals surface area contributed by atoms with Crippen LogP contribution in [0, 0.1) is 5.82 Å². The second-order valence-electron chi connectivity index (χ2n) is 10.9. The van der Waals surface area contributed by atoms with E-state index in [1.54, 1.807) is 17.0 Å². The summed E-state index contributed by atoms with van der Waals surface area (Å²) in [5.41, 5.74) is 3.73. The molecule has 0 unspecified atom stereocenters. The number of hydrogen-bond acceptors (Lipinski definition) is 4. The normalized spacial score (nSPS) is 17.8. The minimum Gasteiger partial charge on any atom is -0.490 e. The van der Waals surface area contributed by atoms with Gasteiger partial charge in [-0.05, 0) is 72.2 Å². The molecule has 40 heavy (non-hydrogen) atoms. The molecule has 7 nitrogen and oxygen atoms in total. The van der Waals surface area contributed by atoms with E-state index in [4.69, 9.17) is 9.47 Å². The Kier molecular flexibility index (Phi) is 7.58. The van der Waals surface area contributed by atoms with Crippen molar-refractivity contribution in [1.82, 2.24) is 14.7 Å². The quantitative estimate of drug-likeness (QED) is 0.361. The average molecular weight is 544 g/mol. The van der Waals surface area contributed by atoms with Crippen molar-refractivity contribution in [3.8, 4) is 5.75 Å². The van der Waals surface area contributed by atoms with Crippen molar-refractivity contribution < 1.29 is 23.5 Å². The van der Waals surface area contributed by atoms with Crippen molar-refractivity contribution in [2.45, 2.75) is 64.1 Å². The molecule has 3 aromatic rings. The molecule has 3 aromatic carbocycles. The Bertz CT molecular complexity index is 1340. The summed E-state index contributed by atoms with van der Waals surface area (Å²) in [6, 6.07) is 22.2. The Labute approximate surface area is 234 Å². The summed E-state index contributed by atoms with van der Waals surface area (Å²) in [4.78, 5) is 32.0. The van der Waals surface area contributed by atoms with Crippen LogP contribution in [0.5, 0.6) is 5.75 Å². The van der Waals surface area contributed by atoms with Crippen LogP contribution < -0.4 is 4.74 Å². The van der Waals surface area contributed by atoms with E-state index in [9.17, 15) is 14.0 Å². The maximum Gasteiger partial charge on any atom is 0.410 e. The fraction of sp³-hybridized carbons (Fsp3) is 0.375. The summed E-state index contributed by atoms with van der Waals surface area (Å²) in [5, 5.41) is 0. The third-order valence-corrected chi connectivity index (χ3v) is 7.88. The summed E-state index contributed by atoms with van der Waals surface area (Å²) in [6.07, 6.45) is 3.48. The van der Waals surface area contributed by atoms with Crippen LogP contribution in [0.3, 0.4) is 0 Å². The van der Waals surface area contributed by atoms with Crippen molar-refractivity contribution in [2.75, 3.05) is 13.1 Å². The molecule has 2 fully saturated rings. The van der Waals surface area contributed by atoms with E-state index in [0.717, 1.165) is 40.8 Å². The van der Waals surface area contributed by atoms with Gasteiger partial charge in [-0.1, -0.05) is 48.5 Å². The van der Waals surface area contributed by atoms with Crippen LogP contribution in [0.25, 0.3) is 0 Å². The molecule has 2 aliphatic heterocycles. The van der Waals surface area contributed by atoms with Gasteiger partial charge >= 0.3 is 12.1 Å². The van der Waals surface area contributed by atoms with Gasteiger partial charge in [0, 0.05) is 38.8 Å². The van der Waals surface area contributed by atoms with Gasteiger partial charge < -0.3 is 24.2 Å². The molecule has 2 heterocycles. The minimum absolute atomic E-state index is 0.0586. The molecular weight excluding hydrogens is 509 g/mol. The Morgan fingerprint density at radius 3 is 2.33 bits per heavy atom. The van der Waals surface area contributed by atoms with E-state index in [-0.39, 0.29) is 30.6 Å². The maximum atomic E-state index is 14.2. The Morgan fingerprint density at radius 1 is 0.850 bits per heavy atom. The molecule has 0 aromatic heterocycles. The van der Waals surface area contributed by atoms with Crippen molar-refractivity contribution in [2.24, 2.45) is 0 Å². The first-order chi connectivity index (χ1) is 19.5. The van der Waals surface area contributed by atoms with Crippen LogP contribution in [-0.4, -0.2) is 52.1 Å². The summed E-state index contributed by atoms with van der Waals surface area (Å²) >= 11 is 0. The fourth-order valence-corrected chi connectivity index (χ4v) is 5.45. The monoisotopic (exact) mass is 543 g/mol. The molecule has 3 amide bonds. The third-order valence-electron chi connectivity index (χ3n) is 7.88. The van der Waals surface area contributed by atoms with Gasteiger partial charge in [0.05, 0.1) is 6.10 Å². The van der Waals surface area contributed by atoms with Crippen LogP contribution in [0.15, 0.2) is 72.8 Å². The number of rotatable bonds is 7. The number of carbonyl (C=O) groups is 2. The summed E-state index contributed by atoms with van der Waals surface area (Å²) < 4.78 is 25.6. The lowest BCUT2D eigenvalue weighted by Gasteiger charge is -2.39. The van der Waals surface area contributed by atoms with Gasteiger partial charge in [0.25, 0.3) is 0 Å². The Morgan fingerprint density at radius 2 is 1.60 bits per heavy atom. The van der Waals surface area contributed by atoms with E-state index in [1.165, 1.54) is 6.07 Å². The highest BCUT2D eigenvalue weighted by Crippen LogP contribution is 2.30. The van der Waals surface area contributed by atoms with Crippen molar-refractivity contribution in [3.63, 3.8) is 0 Å². The van der Waals surface area contributed by atoms with E-state index in [2.05, 4.69) is 0 Å². The van der Waals surface area contributed by atoms with E-state index in [0.29, 0.717) is 51.7 Å². The number of halogens is 1. The number of amides is 3. The van der Waals surface area contributed by atoms with E-state index >= 15 is 0 Å². The zero-order valence-corrected chi connectivity index (χ0v) is 22.5. The molecule has 1 aliphatic carbocycles. The van der Waals surface area contributed by atoms with Gasteiger partial charge in [-0.3, -0.25) is 0 Å². The molecule has 0 N–H and O–H groups in total. The zero-order valence-electron chi connectivity index (χ0n) is 22.5. The van der Waals surface area contributed by atoms with Crippen LogP contribution in [0.1, 0.15) is 47.9 Å². The predicted molar refractivity (Wildman–Crippen MR) is 148 cm³/mol. The molecule has 0 atom stereocenters. The van der Waals surface area contributed by atoms with Crippen LogP contribution in [0.4, 0.5) is 14.0 Å². The first kappa shape index (κ1) is 26.2. The average Bonchev–Trinajstić information content (AvgIpc) is 3.81. The lowest BCUT2D eigenvalue weighted by atomic mass is 10.0. The molecule has 0 radical (unpaired) electrons. The van der Waals surface area contributed by atoms with Gasteiger partial charge in [0.15, 0.2) is 0 Å². The van der Waals surface area contributed by atoms with Crippen LogP contribution in [0.2, 0.25) is 0 Å². The fourth-order valence-electron chi connectivity index (χ4n) is 5.45. The standard InChI is InChI=1S/C32H34FN3O4/c33-27-9-8-25-20-35(19-23-6-10-29(11-7-23)40-30-12-13-30)31(37)36(21-26(25)18-27)28-14-16-34(17-15-28)32(38)39-22-24-4-2-1-3-5-24/h1-11,18,28,30H,12-17,19-22H2. The molecular formula is C32H34FN3O4. The highest BCUT2D eigenvalue weighted by Gasteiger charge is 2.35. The molecule has 0 spiro atoms. The highest BCUT2D eigenvalue weighted by molar-refractivity contribution is 5.76. The minimum atomic E-state index is -0.340. The first-order valence-electron chi connectivity index (χ1n) is 14.1. The number of nitrogens with zero attached hydrogens (tertiary/aromatic N) is 3. The van der Waals surface area contributed by atoms with E-state index < -0.39 is 0 Å². The molecule has 1 saturated carbocycles. The number of hydrogen-bond donors (Lipinski definition) is 0. The predicted octanol–water partition coefficient (Wildman–Crippen LogP) is 6.11. The summed E-state index contributed by atoms with van der Waals surface area (Å²) in [6.45, 7) is 2.44. The SMILES string of the molecule is O=C(OCc1ccccc1)N1CCC(N2Cc3cc(F)ccc3CN(Cc3ccc(OC4CC4)cc3)C2=O)CC1. The molecule has 6 rings (SSSR count). The third kappa shape index (κ3) is 6.22. The zero-order chi connectivity index (χ0) is 27.5. The smallest absolute Gasteiger partial charge is 0.410 e. The van der Waals surface area contributed by atoms with E-state index in [1.807, 2.05) is 64.4 Å².